The van der Waals surface area contributed by atoms with Crippen LogP contribution in [0, 0.1) is 0 Å². The predicted octanol–water partition coefficient (Wildman–Crippen LogP) is 3.42. The Morgan fingerprint density at radius 1 is 1.40 bits per heavy atom. The Balaban J connectivity index is 2.20. The minimum absolute atomic E-state index is 0.0944. The van der Waals surface area contributed by atoms with Crippen molar-refractivity contribution in [3.63, 3.8) is 0 Å². The monoisotopic (exact) mass is 336 g/mol. The highest BCUT2D eigenvalue weighted by Crippen LogP contribution is 2.33. The number of halogens is 3. The predicted molar refractivity (Wildman–Crippen MR) is 79.6 cm³/mol. The number of nitrogens with zero attached hydrogens (tertiary/aromatic N) is 2. The highest BCUT2D eigenvalue weighted by molar-refractivity contribution is 6.48. The molecule has 1 aliphatic rings. The summed E-state index contributed by atoms with van der Waals surface area (Å²) in [5.74, 6) is -0.228. The third kappa shape index (κ3) is 3.19. The van der Waals surface area contributed by atoms with Crippen molar-refractivity contribution in [3.8, 4) is 0 Å². The van der Waals surface area contributed by atoms with E-state index in [4.69, 9.17) is 39.9 Å². The zero-order valence-corrected chi connectivity index (χ0v) is 13.0. The van der Waals surface area contributed by atoms with Crippen LogP contribution in [0.1, 0.15) is 36.2 Å². The van der Waals surface area contributed by atoms with Gasteiger partial charge in [0.05, 0.1) is 15.1 Å². The maximum absolute atomic E-state index is 12.5. The molecule has 0 spiro atoms. The van der Waals surface area contributed by atoms with E-state index in [-0.39, 0.29) is 39.3 Å². The van der Waals surface area contributed by atoms with E-state index in [9.17, 15) is 4.79 Å². The van der Waals surface area contributed by atoms with Crippen LogP contribution in [0.5, 0.6) is 0 Å². The Labute approximate surface area is 132 Å². The molecule has 7 heteroatoms. The molecule has 0 aliphatic carbocycles. The number of aromatic nitrogens is 1. The van der Waals surface area contributed by atoms with Crippen LogP contribution in [0.2, 0.25) is 15.1 Å². The maximum Gasteiger partial charge on any atom is 0.274 e. The van der Waals surface area contributed by atoms with E-state index in [2.05, 4.69) is 4.98 Å². The molecule has 1 aromatic rings. The van der Waals surface area contributed by atoms with Crippen molar-refractivity contribution >= 4 is 40.7 Å². The van der Waals surface area contributed by atoms with E-state index in [1.807, 2.05) is 0 Å². The van der Waals surface area contributed by atoms with Crippen LogP contribution in [-0.2, 0) is 0 Å². The number of carbonyl (C=O) groups excluding carboxylic acids is 1. The lowest BCUT2D eigenvalue weighted by Gasteiger charge is -2.24. The summed E-state index contributed by atoms with van der Waals surface area (Å²) < 4.78 is 0. The molecule has 1 fully saturated rings. The molecule has 1 unspecified atom stereocenters. The average molecular weight is 338 g/mol. The lowest BCUT2D eigenvalue weighted by atomic mass is 10.1. The lowest BCUT2D eigenvalue weighted by molar-refractivity contribution is 0.0718. The van der Waals surface area contributed by atoms with Crippen LogP contribution >= 0.6 is 34.8 Å². The van der Waals surface area contributed by atoms with Crippen LogP contribution in [0.3, 0.4) is 0 Å². The number of rotatable bonds is 4. The van der Waals surface area contributed by atoms with Crippen molar-refractivity contribution in [3.05, 3.63) is 27.0 Å². The second kappa shape index (κ2) is 6.94. The third-order valence-corrected chi connectivity index (χ3v) is 4.69. The van der Waals surface area contributed by atoms with Gasteiger partial charge in [-0.2, -0.15) is 0 Å². The first-order valence-corrected chi connectivity index (χ1v) is 7.61. The van der Waals surface area contributed by atoms with Crippen molar-refractivity contribution in [2.45, 2.75) is 31.7 Å². The van der Waals surface area contributed by atoms with Gasteiger partial charge in [-0.05, 0) is 25.7 Å². The van der Waals surface area contributed by atoms with Crippen molar-refractivity contribution < 1.29 is 9.90 Å². The molecule has 0 aromatic carbocycles. The molecule has 1 amide bonds. The molecule has 1 atom stereocenters. The van der Waals surface area contributed by atoms with Crippen molar-refractivity contribution in [1.29, 1.82) is 0 Å². The fraction of sp³-hybridized carbons (Fsp3) is 0.538. The molecule has 2 rings (SSSR count). The van der Waals surface area contributed by atoms with Crippen LogP contribution < -0.4 is 0 Å². The Kier molecular flexibility index (Phi) is 5.49. The highest BCUT2D eigenvalue weighted by Gasteiger charge is 2.31. The first-order valence-electron chi connectivity index (χ1n) is 6.47. The van der Waals surface area contributed by atoms with Gasteiger partial charge in [-0.15, -0.1) is 0 Å². The third-order valence-electron chi connectivity index (χ3n) is 3.45. The zero-order valence-electron chi connectivity index (χ0n) is 10.8. The Morgan fingerprint density at radius 3 is 2.85 bits per heavy atom. The summed E-state index contributed by atoms with van der Waals surface area (Å²) in [4.78, 5) is 18.3. The van der Waals surface area contributed by atoms with Gasteiger partial charge in [-0.25, -0.2) is 4.98 Å². The van der Waals surface area contributed by atoms with E-state index >= 15 is 0 Å². The standard InChI is InChI=1S/C13H15Cl3N2O2/c14-9-7-17-12(11(16)10(9)15)13(20)18-5-1-3-8(18)4-2-6-19/h7-8,19H,1-6H2. The van der Waals surface area contributed by atoms with Gasteiger partial charge in [0.15, 0.2) is 0 Å². The summed E-state index contributed by atoms with van der Waals surface area (Å²) >= 11 is 17.8. The van der Waals surface area contributed by atoms with E-state index < -0.39 is 0 Å². The van der Waals surface area contributed by atoms with E-state index in [0.29, 0.717) is 13.0 Å². The molecule has 1 N–H and O–H groups in total. The summed E-state index contributed by atoms with van der Waals surface area (Å²) in [6, 6.07) is 0.127. The molecule has 2 heterocycles. The number of aliphatic hydroxyl groups is 1. The summed E-state index contributed by atoms with van der Waals surface area (Å²) in [6.07, 6.45) is 4.67. The van der Waals surface area contributed by atoms with E-state index in [1.165, 1.54) is 6.20 Å². The van der Waals surface area contributed by atoms with Gasteiger partial charge in [0.2, 0.25) is 0 Å². The second-order valence-corrected chi connectivity index (χ2v) is 5.91. The molecular formula is C13H15Cl3N2O2. The fourth-order valence-electron chi connectivity index (χ4n) is 2.46. The Hall–Kier alpha value is -0.550. The zero-order chi connectivity index (χ0) is 14.7. The quantitative estimate of drug-likeness (QED) is 0.916. The van der Waals surface area contributed by atoms with E-state index in [0.717, 1.165) is 19.3 Å². The minimum atomic E-state index is -0.228. The van der Waals surface area contributed by atoms with Crippen molar-refractivity contribution in [2.24, 2.45) is 0 Å². The number of likely N-dealkylation sites (tertiary alicyclic amines) is 1. The second-order valence-electron chi connectivity index (χ2n) is 4.74. The van der Waals surface area contributed by atoms with Gasteiger partial charge in [0, 0.05) is 25.4 Å². The molecule has 1 aromatic heterocycles. The van der Waals surface area contributed by atoms with Crippen LogP contribution in [0.15, 0.2) is 6.20 Å². The van der Waals surface area contributed by atoms with Crippen LogP contribution in [0.25, 0.3) is 0 Å². The number of amides is 1. The van der Waals surface area contributed by atoms with Gasteiger partial charge in [-0.3, -0.25) is 4.79 Å². The number of hydrogen-bond donors (Lipinski definition) is 1. The molecule has 1 aliphatic heterocycles. The SMILES string of the molecule is O=C(c1ncc(Cl)c(Cl)c1Cl)N1CCCC1CCCO. The Bertz CT molecular complexity index is 511. The lowest BCUT2D eigenvalue weighted by Crippen LogP contribution is -2.36. The molecule has 0 bridgehead atoms. The van der Waals surface area contributed by atoms with Crippen molar-refractivity contribution in [2.75, 3.05) is 13.2 Å². The first-order chi connectivity index (χ1) is 9.56. The topological polar surface area (TPSA) is 53.4 Å². The summed E-state index contributed by atoms with van der Waals surface area (Å²) in [5, 5.41) is 9.38. The normalized spacial score (nSPS) is 18.6. The number of carbonyl (C=O) groups is 1. The van der Waals surface area contributed by atoms with Crippen molar-refractivity contribution in [1.82, 2.24) is 9.88 Å². The number of pyridine rings is 1. The minimum Gasteiger partial charge on any atom is -0.396 e. The summed E-state index contributed by atoms with van der Waals surface area (Å²) in [7, 11) is 0. The van der Waals surface area contributed by atoms with Gasteiger partial charge < -0.3 is 10.0 Å². The smallest absolute Gasteiger partial charge is 0.274 e. The van der Waals surface area contributed by atoms with Crippen LogP contribution in [0.4, 0.5) is 0 Å². The van der Waals surface area contributed by atoms with Crippen LogP contribution in [-0.4, -0.2) is 40.1 Å². The summed E-state index contributed by atoms with van der Waals surface area (Å²) in [5.41, 5.74) is 0.136. The number of aliphatic hydroxyl groups excluding tert-OH is 1. The highest BCUT2D eigenvalue weighted by atomic mass is 35.5. The van der Waals surface area contributed by atoms with E-state index in [1.54, 1.807) is 4.90 Å². The number of hydrogen-bond acceptors (Lipinski definition) is 3. The molecule has 110 valence electrons. The molecule has 0 radical (unpaired) electrons. The maximum atomic E-state index is 12.5. The summed E-state index contributed by atoms with van der Waals surface area (Å²) in [6.45, 7) is 0.803. The fourth-order valence-corrected chi connectivity index (χ4v) is 3.02. The first kappa shape index (κ1) is 15.8. The largest absolute Gasteiger partial charge is 0.396 e. The van der Waals surface area contributed by atoms with Gasteiger partial charge >= 0.3 is 0 Å². The molecule has 0 saturated carbocycles. The average Bonchev–Trinajstić information content (AvgIpc) is 2.90. The molecule has 4 nitrogen and oxygen atoms in total. The van der Waals surface area contributed by atoms with Gasteiger partial charge in [0.1, 0.15) is 5.69 Å². The molecular weight excluding hydrogens is 323 g/mol. The molecule has 20 heavy (non-hydrogen) atoms. The molecule has 1 saturated heterocycles. The Morgan fingerprint density at radius 2 is 2.15 bits per heavy atom. The van der Waals surface area contributed by atoms with Gasteiger partial charge in [-0.1, -0.05) is 34.8 Å². The van der Waals surface area contributed by atoms with Gasteiger partial charge in [0.25, 0.3) is 5.91 Å².